The molecule has 124 valence electrons. The topological polar surface area (TPSA) is 3.24 Å². The van der Waals surface area contributed by atoms with E-state index in [1.165, 1.54) is 22.5 Å². The van der Waals surface area contributed by atoms with Crippen molar-refractivity contribution in [2.24, 2.45) is 0 Å². The van der Waals surface area contributed by atoms with Gasteiger partial charge in [0.05, 0.1) is 0 Å². The first-order valence-corrected chi connectivity index (χ1v) is 8.12. The van der Waals surface area contributed by atoms with Crippen molar-refractivity contribution >= 4 is 34.4 Å². The monoisotopic (exact) mass is 403 g/mol. The molecule has 1 nitrogen and oxygen atoms in total. The van der Waals surface area contributed by atoms with Gasteiger partial charge in [-0.25, -0.2) is 0 Å². The molecule has 0 aliphatic carbocycles. The Hall–Kier alpha value is -1.29. The zero-order valence-corrected chi connectivity index (χ0v) is 17.8. The van der Waals surface area contributed by atoms with Crippen LogP contribution in [0.2, 0.25) is 0 Å². The van der Waals surface area contributed by atoms with Gasteiger partial charge in [-0.3, -0.25) is 0 Å². The molecule has 0 saturated carbocycles. The molecule has 0 saturated heterocycles. The molecule has 0 bridgehead atoms. The fraction of sp³-hybridized carbons (Fsp3) is 0.182. The Kier molecular flexibility index (Phi) is 9.26. The minimum absolute atomic E-state index is 0. The molecule has 3 aromatic rings. The summed E-state index contributed by atoms with van der Waals surface area (Å²) in [4.78, 5) is 2.33. The van der Waals surface area contributed by atoms with Gasteiger partial charge in [0, 0.05) is 17.9 Å². The molecule has 25 heavy (non-hydrogen) atoms. The largest absolute Gasteiger partial charge is 2.00 e. The minimum atomic E-state index is 0. The first kappa shape index (κ1) is 21.7. The summed E-state index contributed by atoms with van der Waals surface area (Å²) in [5, 5.41) is 0. The van der Waals surface area contributed by atoms with Crippen molar-refractivity contribution in [3.8, 4) is 0 Å². The van der Waals surface area contributed by atoms with E-state index in [0.717, 1.165) is 6.54 Å². The molecule has 0 aliphatic heterocycles. The van der Waals surface area contributed by atoms with Gasteiger partial charge in [0.15, 0.2) is 0 Å². The molecule has 0 unspecified atom stereocenters. The number of benzene rings is 3. The number of anilines is 2. The Bertz CT molecular complexity index is 705. The number of hydrogen-bond acceptors (Lipinski definition) is 1. The second-order valence-corrected chi connectivity index (χ2v) is 6.06. The van der Waals surface area contributed by atoms with Crippen LogP contribution in [0.3, 0.4) is 0 Å². The van der Waals surface area contributed by atoms with Gasteiger partial charge in [-0.1, -0.05) is 50.2 Å². The van der Waals surface area contributed by atoms with Crippen LogP contribution in [-0.4, -0.2) is 23.1 Å². The molecule has 0 radical (unpaired) electrons. The van der Waals surface area contributed by atoms with Crippen LogP contribution in [0.4, 0.5) is 11.4 Å². The Morgan fingerprint density at radius 3 is 1.84 bits per heavy atom. The molecule has 3 heteroatoms. The van der Waals surface area contributed by atoms with Crippen LogP contribution >= 0.6 is 0 Å². The molecule has 0 amide bonds. The van der Waals surface area contributed by atoms with E-state index in [1.807, 2.05) is 6.07 Å². The van der Waals surface area contributed by atoms with Crippen molar-refractivity contribution in [1.82, 2.24) is 0 Å². The number of para-hydroxylation sites is 2. The van der Waals surface area contributed by atoms with Crippen molar-refractivity contribution < 1.29 is 17.0 Å². The van der Waals surface area contributed by atoms with E-state index in [1.54, 1.807) is 0 Å². The zero-order chi connectivity index (χ0) is 16.1. The van der Waals surface area contributed by atoms with Gasteiger partial charge in [-0.2, -0.15) is 29.8 Å². The van der Waals surface area contributed by atoms with Crippen LogP contribution < -0.4 is 21.9 Å². The van der Waals surface area contributed by atoms with Crippen LogP contribution in [0.5, 0.6) is 0 Å². The van der Waals surface area contributed by atoms with Crippen LogP contribution in [-0.2, 0) is 6.54 Å². The van der Waals surface area contributed by atoms with Gasteiger partial charge in [0.25, 0.3) is 0 Å². The Morgan fingerprint density at radius 1 is 0.840 bits per heavy atom. The molecular formula is C22H22BrMgN. The summed E-state index contributed by atoms with van der Waals surface area (Å²) in [6, 6.07) is 30.9. The summed E-state index contributed by atoms with van der Waals surface area (Å²) in [5.74, 6) is 0.533. The normalized spacial score (nSPS) is 9.88. The van der Waals surface area contributed by atoms with Crippen LogP contribution in [0.15, 0.2) is 78.9 Å². The van der Waals surface area contributed by atoms with Crippen LogP contribution in [0.1, 0.15) is 30.9 Å². The van der Waals surface area contributed by atoms with Crippen molar-refractivity contribution in [2.45, 2.75) is 26.3 Å². The molecular weight excluding hydrogens is 382 g/mol. The third-order valence-corrected chi connectivity index (χ3v) is 4.02. The summed E-state index contributed by atoms with van der Waals surface area (Å²) in [5.41, 5.74) is 4.97. The Morgan fingerprint density at radius 2 is 1.36 bits per heavy atom. The van der Waals surface area contributed by atoms with E-state index >= 15 is 0 Å². The third-order valence-electron chi connectivity index (χ3n) is 4.02. The summed E-state index contributed by atoms with van der Waals surface area (Å²) in [6.45, 7) is 5.27. The quantitative estimate of drug-likeness (QED) is 0.467. The maximum Gasteiger partial charge on any atom is 2.00 e. The van der Waals surface area contributed by atoms with Crippen molar-refractivity contribution in [3.05, 3.63) is 96.1 Å². The van der Waals surface area contributed by atoms with E-state index in [-0.39, 0.29) is 40.0 Å². The van der Waals surface area contributed by atoms with Crippen molar-refractivity contribution in [3.63, 3.8) is 0 Å². The predicted octanol–water partition coefficient (Wildman–Crippen LogP) is 2.57. The first-order valence-electron chi connectivity index (χ1n) is 8.12. The van der Waals surface area contributed by atoms with Gasteiger partial charge in [-0.05, 0) is 30.2 Å². The fourth-order valence-electron chi connectivity index (χ4n) is 2.70. The summed E-state index contributed by atoms with van der Waals surface area (Å²) in [6.07, 6.45) is 0. The summed E-state index contributed by atoms with van der Waals surface area (Å²) >= 11 is 0. The van der Waals surface area contributed by atoms with E-state index in [4.69, 9.17) is 0 Å². The SMILES string of the molecule is CC(C)c1cc[c-]c(CN(c2ccccc2)c2ccccc2)c1.[Br-].[Mg+2]. The molecule has 0 heterocycles. The average Bonchev–Trinajstić information content (AvgIpc) is 2.61. The van der Waals surface area contributed by atoms with Gasteiger partial charge in [0.1, 0.15) is 0 Å². The smallest absolute Gasteiger partial charge is 1.00 e. The number of nitrogens with zero attached hydrogens (tertiary/aromatic N) is 1. The molecule has 3 aromatic carbocycles. The van der Waals surface area contributed by atoms with E-state index in [9.17, 15) is 0 Å². The number of rotatable bonds is 5. The molecule has 0 atom stereocenters. The molecule has 0 fully saturated rings. The van der Waals surface area contributed by atoms with Crippen molar-refractivity contribution in [1.29, 1.82) is 0 Å². The number of hydrogen-bond donors (Lipinski definition) is 0. The molecule has 0 N–H and O–H groups in total. The van der Waals surface area contributed by atoms with Crippen LogP contribution in [0, 0.1) is 6.07 Å². The Balaban J connectivity index is 0.00000156. The first-order chi connectivity index (χ1) is 11.2. The van der Waals surface area contributed by atoms with Crippen LogP contribution in [0.25, 0.3) is 0 Å². The van der Waals surface area contributed by atoms with Gasteiger partial charge in [-0.15, -0.1) is 5.56 Å². The zero-order valence-electron chi connectivity index (χ0n) is 14.8. The maximum absolute atomic E-state index is 3.39. The third kappa shape index (κ3) is 5.88. The van der Waals surface area contributed by atoms with Gasteiger partial charge >= 0.3 is 23.1 Å². The van der Waals surface area contributed by atoms with E-state index < -0.39 is 0 Å². The predicted molar refractivity (Wildman–Crippen MR) is 104 cm³/mol. The molecule has 0 aliphatic rings. The van der Waals surface area contributed by atoms with E-state index in [2.05, 4.69) is 97.6 Å². The maximum atomic E-state index is 3.39. The fourth-order valence-corrected chi connectivity index (χ4v) is 2.70. The minimum Gasteiger partial charge on any atom is -1.00 e. The second-order valence-electron chi connectivity index (χ2n) is 6.06. The second kappa shape index (κ2) is 10.6. The molecule has 0 spiro atoms. The van der Waals surface area contributed by atoms with Gasteiger partial charge in [0.2, 0.25) is 0 Å². The number of halogens is 1. The van der Waals surface area contributed by atoms with Gasteiger partial charge < -0.3 is 21.9 Å². The van der Waals surface area contributed by atoms with E-state index in [0.29, 0.717) is 5.92 Å². The molecule has 3 rings (SSSR count). The molecule has 0 aromatic heterocycles. The standard InChI is InChI=1S/C22H22N.BrH.Mg/c1-18(2)20-11-9-10-19(16-20)17-23(21-12-5-3-6-13-21)22-14-7-4-8-15-22;;/h3-9,11-16,18H,17H2,1-2H3;1H;/q-1;;+2/p-1. The average molecular weight is 405 g/mol. The Labute approximate surface area is 178 Å². The summed E-state index contributed by atoms with van der Waals surface area (Å²) in [7, 11) is 0. The summed E-state index contributed by atoms with van der Waals surface area (Å²) < 4.78 is 0. The van der Waals surface area contributed by atoms with Crippen molar-refractivity contribution in [2.75, 3.05) is 4.90 Å².